The maximum atomic E-state index is 13.2. The second-order valence-electron chi connectivity index (χ2n) is 10.1. The van der Waals surface area contributed by atoms with E-state index < -0.39 is 9.15 Å². The third-order valence-electron chi connectivity index (χ3n) is 9.02. The molecule has 0 saturated heterocycles. The van der Waals surface area contributed by atoms with E-state index in [1.165, 1.54) is 19.3 Å². The van der Waals surface area contributed by atoms with E-state index in [1.807, 2.05) is 0 Å². The third-order valence-corrected chi connectivity index (χ3v) is 11.0. The highest BCUT2D eigenvalue weighted by atomic mass is 33.1. The van der Waals surface area contributed by atoms with Gasteiger partial charge < -0.3 is 0 Å². The van der Waals surface area contributed by atoms with Gasteiger partial charge in [-0.05, 0) is 98.7 Å². The summed E-state index contributed by atoms with van der Waals surface area (Å²) in [5, 5.41) is 0. The normalized spacial score (nSPS) is 45.8. The predicted molar refractivity (Wildman–Crippen MR) is 109 cm³/mol. The topological polar surface area (TPSA) is 71.4 Å². The van der Waals surface area contributed by atoms with Crippen LogP contribution in [0.2, 0.25) is 0 Å². The molecule has 4 nitrogen and oxygen atoms in total. The molecule has 7 heteroatoms. The summed E-state index contributed by atoms with van der Waals surface area (Å²) in [5.74, 6) is 3.45. The zero-order valence-corrected chi connectivity index (χ0v) is 18.3. The third kappa shape index (κ3) is 3.80. The van der Waals surface area contributed by atoms with Crippen LogP contribution in [0.3, 0.4) is 0 Å². The van der Waals surface area contributed by atoms with Crippen molar-refractivity contribution < 1.29 is 22.2 Å². The average Bonchev–Trinajstić information content (AvgIpc) is 3.02. The van der Waals surface area contributed by atoms with Gasteiger partial charge in [-0.25, -0.2) is 0 Å². The summed E-state index contributed by atoms with van der Waals surface area (Å²) >= 11 is 0. The van der Waals surface area contributed by atoms with E-state index in [9.17, 15) is 17.6 Å². The Labute approximate surface area is 171 Å². The molecular weight excluding hydrogens is 399 g/mol. The molecule has 3 unspecified atom stereocenters. The molecule has 4 rings (SSSR count). The molecule has 0 radical (unpaired) electrons. The second kappa shape index (κ2) is 7.84. The van der Waals surface area contributed by atoms with E-state index in [0.717, 1.165) is 50.4 Å². The molecule has 0 spiro atoms. The van der Waals surface area contributed by atoms with Gasteiger partial charge in [-0.3, -0.25) is 13.7 Å². The van der Waals surface area contributed by atoms with Gasteiger partial charge in [-0.15, -0.1) is 0 Å². The molecule has 0 aromatic heterocycles. The molecule has 0 aliphatic heterocycles. The molecule has 28 heavy (non-hydrogen) atoms. The lowest BCUT2D eigenvalue weighted by Gasteiger charge is -2.56. The van der Waals surface area contributed by atoms with Gasteiger partial charge in [-0.2, -0.15) is 8.42 Å². The Balaban J connectivity index is 1.46. The van der Waals surface area contributed by atoms with Crippen LogP contribution in [0.25, 0.3) is 0 Å². The van der Waals surface area contributed by atoms with Gasteiger partial charge in [0, 0.05) is 16.7 Å². The smallest absolute Gasteiger partial charge is 0.298 e. The number of alkyl halides is 1. The van der Waals surface area contributed by atoms with E-state index in [2.05, 4.69) is 6.92 Å². The largest absolute Gasteiger partial charge is 0.320 e. The summed E-state index contributed by atoms with van der Waals surface area (Å²) in [5.41, 5.74) is -0.0268. The van der Waals surface area contributed by atoms with Gasteiger partial charge in [0.05, 0.1) is 12.4 Å². The van der Waals surface area contributed by atoms with E-state index in [-0.39, 0.29) is 35.5 Å². The van der Waals surface area contributed by atoms with Crippen LogP contribution in [0.5, 0.6) is 0 Å². The number of carbonyl (C=O) groups excluding carboxylic acids is 1. The number of ketones is 1. The molecule has 0 heterocycles. The minimum atomic E-state index is -4.17. The number of hydrogen-bond donors (Lipinski definition) is 1. The zero-order chi connectivity index (χ0) is 20.1. The first-order valence-electron chi connectivity index (χ1n) is 10.9. The lowest BCUT2D eigenvalue weighted by atomic mass is 9.49. The Morgan fingerprint density at radius 1 is 1.07 bits per heavy atom. The molecule has 1 N–H and O–H groups in total. The van der Waals surface area contributed by atoms with Crippen LogP contribution in [0, 0.1) is 46.8 Å². The summed E-state index contributed by atoms with van der Waals surface area (Å²) < 4.78 is 44.2. The van der Waals surface area contributed by atoms with E-state index in [1.54, 1.807) is 0 Å². The molecule has 0 aromatic rings. The van der Waals surface area contributed by atoms with Crippen molar-refractivity contribution in [3.8, 4) is 0 Å². The van der Waals surface area contributed by atoms with E-state index in [0.29, 0.717) is 28.5 Å². The molecule has 0 aromatic carbocycles. The van der Waals surface area contributed by atoms with Gasteiger partial charge in [0.2, 0.25) is 0 Å². The van der Waals surface area contributed by atoms with Crippen molar-refractivity contribution >= 4 is 25.7 Å². The standard InChI is InChI=1S/C21H33FO4S2/c1-21-9-8-16-15-4-2-13(11-22)10-14(15)3-5-17(16)18(21)6-7-19(21)20(23)12-27-28(24,25)26/h13-19H,2-12H2,1H3,(H,24,25,26)/t13-,14-,15-,16?,17?,18?,19+,21-/m0/s1. The van der Waals surface area contributed by atoms with Crippen LogP contribution in [0.1, 0.15) is 64.7 Å². The highest BCUT2D eigenvalue weighted by molar-refractivity contribution is 8.70. The Bertz CT molecular complexity index is 711. The Hall–Kier alpha value is -0.140. The summed E-state index contributed by atoms with van der Waals surface area (Å²) in [6.07, 6.45) is 9.84. The average molecular weight is 433 g/mol. The fraction of sp³-hybridized carbons (Fsp3) is 0.952. The van der Waals surface area contributed by atoms with Crippen LogP contribution in [-0.4, -0.2) is 31.2 Å². The van der Waals surface area contributed by atoms with Crippen molar-refractivity contribution in [1.82, 2.24) is 0 Å². The van der Waals surface area contributed by atoms with Crippen LogP contribution < -0.4 is 0 Å². The maximum absolute atomic E-state index is 13.2. The molecule has 160 valence electrons. The Morgan fingerprint density at radius 3 is 2.54 bits per heavy atom. The summed E-state index contributed by atoms with van der Waals surface area (Å²) in [7, 11) is -3.81. The first kappa shape index (κ1) is 21.1. The van der Waals surface area contributed by atoms with Crippen molar-refractivity contribution in [2.24, 2.45) is 46.8 Å². The van der Waals surface area contributed by atoms with Gasteiger partial charge in [0.15, 0.2) is 0 Å². The van der Waals surface area contributed by atoms with Crippen molar-refractivity contribution in [3.05, 3.63) is 0 Å². The van der Waals surface area contributed by atoms with Gasteiger partial charge in [-0.1, -0.05) is 6.92 Å². The van der Waals surface area contributed by atoms with Gasteiger partial charge >= 0.3 is 9.15 Å². The second-order valence-corrected chi connectivity index (χ2v) is 13.5. The Morgan fingerprint density at radius 2 is 1.82 bits per heavy atom. The molecule has 0 bridgehead atoms. The van der Waals surface area contributed by atoms with Crippen LogP contribution >= 0.6 is 10.8 Å². The number of carbonyl (C=O) groups is 1. The van der Waals surface area contributed by atoms with Crippen molar-refractivity contribution in [2.45, 2.75) is 64.7 Å². The molecule has 4 saturated carbocycles. The SMILES string of the molecule is C[C@]12CCC3C(CC[C@H]4C[C@@H](CF)CC[C@H]34)C1CC[C@@H]2C(=O)CSS(=O)(=O)O. The lowest BCUT2D eigenvalue weighted by Crippen LogP contribution is -2.49. The number of halogens is 1. The molecular formula is C21H33FO4S2. The number of hydrogen-bond acceptors (Lipinski definition) is 4. The maximum Gasteiger partial charge on any atom is 0.320 e. The summed E-state index contributed by atoms with van der Waals surface area (Å²) in [6, 6.07) is 0. The minimum Gasteiger partial charge on any atom is -0.298 e. The van der Waals surface area contributed by atoms with Crippen molar-refractivity contribution in [1.29, 1.82) is 0 Å². The first-order valence-corrected chi connectivity index (χ1v) is 13.9. The summed E-state index contributed by atoms with van der Waals surface area (Å²) in [4.78, 5) is 12.8. The summed E-state index contributed by atoms with van der Waals surface area (Å²) in [6.45, 7) is 2.09. The quantitative estimate of drug-likeness (QED) is 0.492. The highest BCUT2D eigenvalue weighted by Gasteiger charge is 2.58. The van der Waals surface area contributed by atoms with Crippen LogP contribution in [0.4, 0.5) is 4.39 Å². The highest BCUT2D eigenvalue weighted by Crippen LogP contribution is 2.64. The van der Waals surface area contributed by atoms with E-state index >= 15 is 0 Å². The Kier molecular flexibility index (Phi) is 5.91. The van der Waals surface area contributed by atoms with Crippen LogP contribution in [0.15, 0.2) is 0 Å². The zero-order valence-electron chi connectivity index (χ0n) is 16.7. The first-order chi connectivity index (χ1) is 13.2. The number of fused-ring (bicyclic) bond motifs is 5. The minimum absolute atomic E-state index is 0.0109. The monoisotopic (exact) mass is 432 g/mol. The molecule has 4 aliphatic carbocycles. The number of Topliss-reactive ketones (excluding diaryl/α,β-unsaturated/α-hetero) is 1. The predicted octanol–water partition coefficient (Wildman–Crippen LogP) is 4.95. The molecule has 0 amide bonds. The lowest BCUT2D eigenvalue weighted by molar-refractivity contribution is -0.128. The van der Waals surface area contributed by atoms with Crippen molar-refractivity contribution in [3.63, 3.8) is 0 Å². The van der Waals surface area contributed by atoms with Gasteiger partial charge in [0.1, 0.15) is 5.78 Å². The van der Waals surface area contributed by atoms with Gasteiger partial charge in [0.25, 0.3) is 0 Å². The van der Waals surface area contributed by atoms with Crippen molar-refractivity contribution in [2.75, 3.05) is 12.4 Å². The van der Waals surface area contributed by atoms with E-state index in [4.69, 9.17) is 4.55 Å². The molecule has 4 fully saturated rings. The van der Waals surface area contributed by atoms with Crippen LogP contribution in [-0.2, 0) is 13.9 Å². The fourth-order valence-corrected chi connectivity index (χ4v) is 9.11. The number of rotatable bonds is 5. The fourth-order valence-electron chi connectivity index (χ4n) is 7.85. The molecule has 8 atom stereocenters. The molecule has 4 aliphatic rings.